The number of anilines is 1. The fourth-order valence-corrected chi connectivity index (χ4v) is 2.09. The first-order valence-electron chi connectivity index (χ1n) is 6.52. The number of hydrogen-bond acceptors (Lipinski definition) is 2. The van der Waals surface area contributed by atoms with E-state index in [0.717, 1.165) is 5.56 Å². The molecule has 0 spiro atoms. The molecule has 1 amide bonds. The number of nitrogens with zero attached hydrogens (tertiary/aromatic N) is 1. The van der Waals surface area contributed by atoms with Crippen LogP contribution in [0, 0.1) is 11.3 Å². The van der Waals surface area contributed by atoms with E-state index in [1.165, 1.54) is 0 Å². The van der Waals surface area contributed by atoms with Crippen LogP contribution in [0.5, 0.6) is 0 Å². The van der Waals surface area contributed by atoms with Crippen LogP contribution in [0.1, 0.15) is 25.0 Å². The van der Waals surface area contributed by atoms with Crippen molar-refractivity contribution in [3.8, 4) is 6.07 Å². The molecule has 106 valence electrons. The molecule has 0 unspecified atom stereocenters. The number of hydrogen-bond donors (Lipinski definition) is 1. The Morgan fingerprint density at radius 1 is 1.14 bits per heavy atom. The molecule has 0 saturated heterocycles. The van der Waals surface area contributed by atoms with Gasteiger partial charge in [0.05, 0.1) is 16.7 Å². The van der Waals surface area contributed by atoms with Crippen molar-refractivity contribution in [2.24, 2.45) is 0 Å². The predicted octanol–water partition coefficient (Wildman–Crippen LogP) is 4.13. The molecule has 0 saturated carbocycles. The highest BCUT2D eigenvalue weighted by molar-refractivity contribution is 6.30. The van der Waals surface area contributed by atoms with E-state index in [9.17, 15) is 4.79 Å². The highest BCUT2D eigenvalue weighted by Gasteiger charge is 2.30. The zero-order chi connectivity index (χ0) is 15.5. The SMILES string of the molecule is CC(C)(C(=O)Nc1ccccc1C#N)c1ccc(Cl)cc1. The average molecular weight is 299 g/mol. The van der Waals surface area contributed by atoms with Gasteiger partial charge in [0, 0.05) is 5.02 Å². The normalized spacial score (nSPS) is 10.8. The Balaban J connectivity index is 2.27. The molecule has 0 aromatic heterocycles. The maximum absolute atomic E-state index is 12.5. The van der Waals surface area contributed by atoms with E-state index in [-0.39, 0.29) is 5.91 Å². The molecule has 3 nitrogen and oxygen atoms in total. The van der Waals surface area contributed by atoms with Gasteiger partial charge < -0.3 is 5.32 Å². The molecule has 4 heteroatoms. The second-order valence-electron chi connectivity index (χ2n) is 5.24. The summed E-state index contributed by atoms with van der Waals surface area (Å²) in [6.07, 6.45) is 0. The third-order valence-electron chi connectivity index (χ3n) is 3.43. The molecule has 2 aromatic carbocycles. The van der Waals surface area contributed by atoms with Crippen LogP contribution in [0.2, 0.25) is 5.02 Å². The minimum absolute atomic E-state index is 0.174. The van der Waals surface area contributed by atoms with Crippen molar-refractivity contribution < 1.29 is 4.79 Å². The molecule has 2 aromatic rings. The van der Waals surface area contributed by atoms with E-state index in [2.05, 4.69) is 11.4 Å². The highest BCUT2D eigenvalue weighted by Crippen LogP contribution is 2.27. The Morgan fingerprint density at radius 3 is 2.38 bits per heavy atom. The van der Waals surface area contributed by atoms with Crippen molar-refractivity contribution in [3.63, 3.8) is 0 Å². The topological polar surface area (TPSA) is 52.9 Å². The number of benzene rings is 2. The first-order valence-corrected chi connectivity index (χ1v) is 6.89. The number of nitriles is 1. The fraction of sp³-hybridized carbons (Fsp3) is 0.176. The van der Waals surface area contributed by atoms with Crippen LogP contribution < -0.4 is 5.32 Å². The summed E-state index contributed by atoms with van der Waals surface area (Å²) in [6, 6.07) is 16.2. The molecule has 0 fully saturated rings. The first-order chi connectivity index (χ1) is 9.95. The van der Waals surface area contributed by atoms with E-state index in [1.807, 2.05) is 26.0 Å². The Kier molecular flexibility index (Phi) is 4.30. The summed E-state index contributed by atoms with van der Waals surface area (Å²) in [6.45, 7) is 3.67. The van der Waals surface area contributed by atoms with Gasteiger partial charge in [-0.2, -0.15) is 5.26 Å². The lowest BCUT2D eigenvalue weighted by molar-refractivity contribution is -0.120. The summed E-state index contributed by atoms with van der Waals surface area (Å²) in [5.74, 6) is -0.174. The number of halogens is 1. The number of carbonyl (C=O) groups is 1. The van der Waals surface area contributed by atoms with Crippen molar-refractivity contribution in [1.29, 1.82) is 5.26 Å². The van der Waals surface area contributed by atoms with Crippen molar-refractivity contribution in [3.05, 3.63) is 64.7 Å². The van der Waals surface area contributed by atoms with Gasteiger partial charge in [-0.3, -0.25) is 4.79 Å². The maximum atomic E-state index is 12.5. The van der Waals surface area contributed by atoms with Crippen LogP contribution in [-0.2, 0) is 10.2 Å². The van der Waals surface area contributed by atoms with Crippen LogP contribution >= 0.6 is 11.6 Å². The van der Waals surface area contributed by atoms with Crippen molar-refractivity contribution in [1.82, 2.24) is 0 Å². The van der Waals surface area contributed by atoms with Gasteiger partial charge in [-0.25, -0.2) is 0 Å². The van der Waals surface area contributed by atoms with Crippen LogP contribution in [-0.4, -0.2) is 5.91 Å². The molecule has 0 radical (unpaired) electrons. The van der Waals surface area contributed by atoms with Crippen molar-refractivity contribution in [2.45, 2.75) is 19.3 Å². The lowest BCUT2D eigenvalue weighted by Gasteiger charge is -2.24. The molecule has 0 bridgehead atoms. The Morgan fingerprint density at radius 2 is 1.76 bits per heavy atom. The second kappa shape index (κ2) is 5.99. The van der Waals surface area contributed by atoms with Crippen LogP contribution in [0.4, 0.5) is 5.69 Å². The maximum Gasteiger partial charge on any atom is 0.234 e. The van der Waals surface area contributed by atoms with E-state index in [4.69, 9.17) is 16.9 Å². The number of carbonyl (C=O) groups excluding carboxylic acids is 1. The predicted molar refractivity (Wildman–Crippen MR) is 84.3 cm³/mol. The number of nitrogens with one attached hydrogen (secondary N) is 1. The summed E-state index contributed by atoms with van der Waals surface area (Å²) in [5, 5.41) is 12.5. The minimum Gasteiger partial charge on any atom is -0.324 e. The summed E-state index contributed by atoms with van der Waals surface area (Å²) in [5.41, 5.74) is 1.09. The van der Waals surface area contributed by atoms with Gasteiger partial charge in [0.2, 0.25) is 5.91 Å². The second-order valence-corrected chi connectivity index (χ2v) is 5.68. The number of para-hydroxylation sites is 1. The lowest BCUT2D eigenvalue weighted by atomic mass is 9.83. The van der Waals surface area contributed by atoms with Crippen molar-refractivity contribution in [2.75, 3.05) is 5.32 Å². The van der Waals surface area contributed by atoms with Gasteiger partial charge in [-0.05, 0) is 43.7 Å². The molecule has 0 atom stereocenters. The third-order valence-corrected chi connectivity index (χ3v) is 3.68. The first kappa shape index (κ1) is 15.1. The fourth-order valence-electron chi connectivity index (χ4n) is 1.97. The molecule has 21 heavy (non-hydrogen) atoms. The molecular weight excluding hydrogens is 284 g/mol. The molecule has 0 aliphatic carbocycles. The van der Waals surface area contributed by atoms with Gasteiger partial charge in [-0.1, -0.05) is 35.9 Å². The van der Waals surface area contributed by atoms with Crippen LogP contribution in [0.3, 0.4) is 0 Å². The third kappa shape index (κ3) is 3.24. The minimum atomic E-state index is -0.729. The van der Waals surface area contributed by atoms with Gasteiger partial charge in [0.1, 0.15) is 6.07 Å². The standard InChI is InChI=1S/C17H15ClN2O/c1-17(2,13-7-9-14(18)10-8-13)16(21)20-15-6-4-3-5-12(15)11-19/h3-10H,1-2H3,(H,20,21). The van der Waals surface area contributed by atoms with E-state index in [1.54, 1.807) is 36.4 Å². The molecule has 2 rings (SSSR count). The zero-order valence-electron chi connectivity index (χ0n) is 11.9. The van der Waals surface area contributed by atoms with E-state index >= 15 is 0 Å². The Hall–Kier alpha value is -2.31. The molecule has 1 N–H and O–H groups in total. The van der Waals surface area contributed by atoms with Gasteiger partial charge in [0.25, 0.3) is 0 Å². The van der Waals surface area contributed by atoms with Gasteiger partial charge in [-0.15, -0.1) is 0 Å². The summed E-state index contributed by atoms with van der Waals surface area (Å²) in [7, 11) is 0. The summed E-state index contributed by atoms with van der Waals surface area (Å²) in [4.78, 5) is 12.5. The lowest BCUT2D eigenvalue weighted by Crippen LogP contribution is -2.34. The van der Waals surface area contributed by atoms with E-state index < -0.39 is 5.41 Å². The zero-order valence-corrected chi connectivity index (χ0v) is 12.6. The Labute approximate surface area is 129 Å². The van der Waals surface area contributed by atoms with Crippen LogP contribution in [0.25, 0.3) is 0 Å². The smallest absolute Gasteiger partial charge is 0.234 e. The Bertz CT molecular complexity index is 699. The highest BCUT2D eigenvalue weighted by atomic mass is 35.5. The number of rotatable bonds is 3. The number of amides is 1. The molecular formula is C17H15ClN2O. The molecule has 0 heterocycles. The molecule has 0 aliphatic heterocycles. The van der Waals surface area contributed by atoms with Gasteiger partial charge >= 0.3 is 0 Å². The van der Waals surface area contributed by atoms with Crippen molar-refractivity contribution >= 4 is 23.2 Å². The van der Waals surface area contributed by atoms with Gasteiger partial charge in [0.15, 0.2) is 0 Å². The average Bonchev–Trinajstić information content (AvgIpc) is 2.48. The monoisotopic (exact) mass is 298 g/mol. The quantitative estimate of drug-likeness (QED) is 0.926. The van der Waals surface area contributed by atoms with Crippen LogP contribution in [0.15, 0.2) is 48.5 Å². The summed E-state index contributed by atoms with van der Waals surface area (Å²) >= 11 is 5.87. The van der Waals surface area contributed by atoms with E-state index in [0.29, 0.717) is 16.3 Å². The summed E-state index contributed by atoms with van der Waals surface area (Å²) < 4.78 is 0. The largest absolute Gasteiger partial charge is 0.324 e. The molecule has 0 aliphatic rings.